The highest BCUT2D eigenvalue weighted by Gasteiger charge is 2.43. The highest BCUT2D eigenvalue weighted by Crippen LogP contribution is 2.40. The van der Waals surface area contributed by atoms with E-state index in [4.69, 9.17) is 4.74 Å². The average molecular weight is 238 g/mol. The van der Waals surface area contributed by atoms with Gasteiger partial charge in [-0.1, -0.05) is 6.42 Å². The number of hydrogen-bond donors (Lipinski definition) is 1. The molecule has 1 aliphatic carbocycles. The lowest BCUT2D eigenvalue weighted by Crippen LogP contribution is -2.32. The molecule has 2 fully saturated rings. The molecule has 16 heavy (non-hydrogen) atoms. The van der Waals surface area contributed by atoms with Gasteiger partial charge in [0.1, 0.15) is 11.1 Å². The Balaban J connectivity index is 1.67. The summed E-state index contributed by atoms with van der Waals surface area (Å²) < 4.78 is 9.56. The number of carbonyl (C=O) groups is 1. The minimum Gasteiger partial charge on any atom is -0.368 e. The second-order valence-corrected chi connectivity index (χ2v) is 5.31. The quantitative estimate of drug-likeness (QED) is 0.856. The predicted octanol–water partition coefficient (Wildman–Crippen LogP) is 1.90. The summed E-state index contributed by atoms with van der Waals surface area (Å²) in [6.45, 7) is 0.755. The standard InChI is InChI=1S/C11H14N2O2S/c14-11(13-9-4-5-12-16-9)10-8-3-1-2-7(8)6-15-10/h4-5,7-8,10H,1-3,6H2,(H,13,14)/t7-,8-,10+/m0/s1. The molecule has 0 spiro atoms. The van der Waals surface area contributed by atoms with Crippen molar-refractivity contribution in [1.29, 1.82) is 0 Å². The predicted molar refractivity (Wildman–Crippen MR) is 61.3 cm³/mol. The molecule has 5 heteroatoms. The third kappa shape index (κ3) is 1.74. The molecule has 4 nitrogen and oxygen atoms in total. The van der Waals surface area contributed by atoms with E-state index in [0.717, 1.165) is 18.0 Å². The molecular formula is C11H14N2O2S. The number of carbonyl (C=O) groups excluding carboxylic acids is 1. The maximum atomic E-state index is 12.0. The third-order valence-corrected chi connectivity index (χ3v) is 4.20. The number of ether oxygens (including phenoxy) is 1. The molecule has 2 aliphatic rings. The molecule has 86 valence electrons. The zero-order valence-corrected chi connectivity index (χ0v) is 9.70. The zero-order chi connectivity index (χ0) is 11.0. The third-order valence-electron chi connectivity index (χ3n) is 3.54. The number of anilines is 1. The molecule has 1 saturated heterocycles. The Hall–Kier alpha value is -0.940. The Labute approximate surface area is 98.2 Å². The number of nitrogens with zero attached hydrogens (tertiary/aromatic N) is 1. The van der Waals surface area contributed by atoms with Crippen LogP contribution in [0.1, 0.15) is 19.3 Å². The van der Waals surface area contributed by atoms with Gasteiger partial charge in [-0.3, -0.25) is 4.79 Å². The number of hydrogen-bond acceptors (Lipinski definition) is 4. The highest BCUT2D eigenvalue weighted by molar-refractivity contribution is 7.10. The molecule has 1 amide bonds. The van der Waals surface area contributed by atoms with Crippen LogP contribution in [0.4, 0.5) is 5.00 Å². The number of fused-ring (bicyclic) bond motifs is 1. The summed E-state index contributed by atoms with van der Waals surface area (Å²) in [5.41, 5.74) is 0. The maximum absolute atomic E-state index is 12.0. The van der Waals surface area contributed by atoms with Gasteiger partial charge in [-0.15, -0.1) is 0 Å². The highest BCUT2D eigenvalue weighted by atomic mass is 32.1. The summed E-state index contributed by atoms with van der Waals surface area (Å²) >= 11 is 1.30. The van der Waals surface area contributed by atoms with Gasteiger partial charge in [-0.25, -0.2) is 0 Å². The van der Waals surface area contributed by atoms with Crippen molar-refractivity contribution in [1.82, 2.24) is 4.37 Å². The van der Waals surface area contributed by atoms with Crippen LogP contribution in [0.15, 0.2) is 12.3 Å². The van der Waals surface area contributed by atoms with Crippen molar-refractivity contribution in [3.63, 3.8) is 0 Å². The van der Waals surface area contributed by atoms with E-state index in [0.29, 0.717) is 11.8 Å². The van der Waals surface area contributed by atoms with Crippen LogP contribution in [-0.4, -0.2) is 23.0 Å². The molecule has 3 atom stereocenters. The summed E-state index contributed by atoms with van der Waals surface area (Å²) in [6, 6.07) is 1.81. The van der Waals surface area contributed by atoms with E-state index >= 15 is 0 Å². The Morgan fingerprint density at radius 3 is 3.31 bits per heavy atom. The van der Waals surface area contributed by atoms with Gasteiger partial charge in [-0.05, 0) is 42.3 Å². The van der Waals surface area contributed by atoms with Crippen LogP contribution >= 0.6 is 11.5 Å². The molecule has 2 heterocycles. The Kier molecular flexibility index (Phi) is 2.65. The number of nitrogens with one attached hydrogen (secondary N) is 1. The molecule has 1 N–H and O–H groups in total. The monoisotopic (exact) mass is 238 g/mol. The minimum absolute atomic E-state index is 0.00125. The van der Waals surface area contributed by atoms with Gasteiger partial charge in [0.2, 0.25) is 0 Å². The number of rotatable bonds is 2. The van der Waals surface area contributed by atoms with Crippen molar-refractivity contribution in [3.8, 4) is 0 Å². The lowest BCUT2D eigenvalue weighted by Gasteiger charge is -2.15. The molecule has 0 radical (unpaired) electrons. The van der Waals surface area contributed by atoms with Gasteiger partial charge in [0.25, 0.3) is 5.91 Å². The fourth-order valence-corrected chi connectivity index (χ4v) is 3.27. The average Bonchev–Trinajstić information content (AvgIpc) is 2.92. The van der Waals surface area contributed by atoms with E-state index in [1.54, 1.807) is 6.20 Å². The van der Waals surface area contributed by atoms with E-state index in [1.165, 1.54) is 24.4 Å². The van der Waals surface area contributed by atoms with Gasteiger partial charge < -0.3 is 10.1 Å². The second-order valence-electron chi connectivity index (χ2n) is 4.47. The van der Waals surface area contributed by atoms with Crippen molar-refractivity contribution in [2.45, 2.75) is 25.4 Å². The molecule has 0 bridgehead atoms. The lowest BCUT2D eigenvalue weighted by molar-refractivity contribution is -0.126. The van der Waals surface area contributed by atoms with E-state index in [-0.39, 0.29) is 12.0 Å². The van der Waals surface area contributed by atoms with E-state index in [2.05, 4.69) is 9.69 Å². The van der Waals surface area contributed by atoms with Crippen molar-refractivity contribution in [2.24, 2.45) is 11.8 Å². The zero-order valence-electron chi connectivity index (χ0n) is 8.89. The molecule has 3 rings (SSSR count). The van der Waals surface area contributed by atoms with Crippen LogP contribution in [0.2, 0.25) is 0 Å². The first-order chi connectivity index (χ1) is 7.84. The van der Waals surface area contributed by atoms with Crippen LogP contribution < -0.4 is 5.32 Å². The molecular weight excluding hydrogens is 224 g/mol. The smallest absolute Gasteiger partial charge is 0.254 e. The van der Waals surface area contributed by atoms with Crippen LogP contribution in [0.3, 0.4) is 0 Å². The van der Waals surface area contributed by atoms with Crippen LogP contribution in [0.25, 0.3) is 0 Å². The Morgan fingerprint density at radius 2 is 2.50 bits per heavy atom. The first kappa shape index (κ1) is 10.2. The van der Waals surface area contributed by atoms with E-state index < -0.39 is 0 Å². The van der Waals surface area contributed by atoms with Crippen molar-refractivity contribution >= 4 is 22.4 Å². The summed E-state index contributed by atoms with van der Waals surface area (Å²) in [4.78, 5) is 12.0. The first-order valence-corrected chi connectivity index (χ1v) is 6.45. The van der Waals surface area contributed by atoms with Crippen LogP contribution in [0.5, 0.6) is 0 Å². The van der Waals surface area contributed by atoms with Crippen molar-refractivity contribution in [2.75, 3.05) is 11.9 Å². The van der Waals surface area contributed by atoms with Gasteiger partial charge in [0.05, 0.1) is 6.61 Å². The van der Waals surface area contributed by atoms with Gasteiger partial charge in [-0.2, -0.15) is 4.37 Å². The van der Waals surface area contributed by atoms with Crippen molar-refractivity contribution < 1.29 is 9.53 Å². The van der Waals surface area contributed by atoms with Crippen LogP contribution in [0, 0.1) is 11.8 Å². The largest absolute Gasteiger partial charge is 0.368 e. The van der Waals surface area contributed by atoms with Gasteiger partial charge >= 0.3 is 0 Å². The Morgan fingerprint density at radius 1 is 1.56 bits per heavy atom. The normalized spacial score (nSPS) is 32.6. The van der Waals surface area contributed by atoms with E-state index in [1.807, 2.05) is 6.07 Å². The molecule has 1 saturated carbocycles. The van der Waals surface area contributed by atoms with E-state index in [9.17, 15) is 4.79 Å². The minimum atomic E-state index is -0.241. The summed E-state index contributed by atoms with van der Waals surface area (Å²) in [5.74, 6) is 1.05. The molecule has 1 aromatic rings. The van der Waals surface area contributed by atoms with Crippen LogP contribution in [-0.2, 0) is 9.53 Å². The molecule has 1 aromatic heterocycles. The number of amides is 1. The lowest BCUT2D eigenvalue weighted by atomic mass is 9.94. The fraction of sp³-hybridized carbons (Fsp3) is 0.636. The second kappa shape index (κ2) is 4.14. The molecule has 0 unspecified atom stereocenters. The Bertz CT molecular complexity index is 379. The maximum Gasteiger partial charge on any atom is 0.254 e. The SMILES string of the molecule is O=C(Nc1ccns1)[C@@H]1OC[C@@H]2CCC[C@@H]21. The topological polar surface area (TPSA) is 51.2 Å². The summed E-state index contributed by atoms with van der Waals surface area (Å²) in [7, 11) is 0. The fourth-order valence-electron chi connectivity index (χ4n) is 2.76. The molecule has 0 aromatic carbocycles. The molecule has 1 aliphatic heterocycles. The van der Waals surface area contributed by atoms with Gasteiger partial charge in [0, 0.05) is 6.20 Å². The first-order valence-electron chi connectivity index (χ1n) is 5.68. The summed E-state index contributed by atoms with van der Waals surface area (Å²) in [6.07, 6.45) is 5.03. The van der Waals surface area contributed by atoms with Gasteiger partial charge in [0.15, 0.2) is 0 Å². The van der Waals surface area contributed by atoms with Crippen molar-refractivity contribution in [3.05, 3.63) is 12.3 Å². The number of aromatic nitrogens is 1. The summed E-state index contributed by atoms with van der Waals surface area (Å²) in [5, 5.41) is 3.67.